The van der Waals surface area contributed by atoms with Crippen LogP contribution in [0.2, 0.25) is 15.1 Å². The monoisotopic (exact) mass is 277 g/mol. The second-order valence-corrected chi connectivity index (χ2v) is 5.21. The Kier molecular flexibility index (Phi) is 5.96. The van der Waals surface area contributed by atoms with Crippen molar-refractivity contribution in [3.05, 3.63) is 39.7 Å². The van der Waals surface area contributed by atoms with Crippen LogP contribution in [0.25, 0.3) is 0 Å². The molecule has 1 aromatic rings. The maximum Gasteiger partial charge on any atom is 0.0781 e. The van der Waals surface area contributed by atoms with Gasteiger partial charge in [0.05, 0.1) is 15.1 Å². The summed E-state index contributed by atoms with van der Waals surface area (Å²) < 4.78 is 0. The zero-order chi connectivity index (χ0) is 12.1. The molecule has 0 aliphatic rings. The third-order valence-electron chi connectivity index (χ3n) is 2.59. The van der Waals surface area contributed by atoms with E-state index in [0.717, 1.165) is 18.4 Å². The molecule has 0 aliphatic carbocycles. The molecule has 3 heteroatoms. The van der Waals surface area contributed by atoms with E-state index in [0.29, 0.717) is 21.0 Å². The summed E-state index contributed by atoms with van der Waals surface area (Å²) in [7, 11) is 0. The van der Waals surface area contributed by atoms with E-state index in [2.05, 4.69) is 13.8 Å². The Bertz CT molecular complexity index is 347. The molecule has 0 fully saturated rings. The van der Waals surface area contributed by atoms with Crippen LogP contribution in [0.4, 0.5) is 0 Å². The SMILES string of the molecule is [CH2]C(CCCC)Cc1ccc(Cl)c(Cl)c1Cl. The van der Waals surface area contributed by atoms with E-state index < -0.39 is 0 Å². The smallest absolute Gasteiger partial charge is 0.0781 e. The van der Waals surface area contributed by atoms with Gasteiger partial charge in [-0.05, 0) is 30.9 Å². The van der Waals surface area contributed by atoms with Crippen LogP contribution in [0, 0.1) is 12.8 Å². The van der Waals surface area contributed by atoms with Crippen molar-refractivity contribution in [1.29, 1.82) is 0 Å². The zero-order valence-electron chi connectivity index (χ0n) is 9.40. The predicted molar refractivity (Wildman–Crippen MR) is 73.5 cm³/mol. The van der Waals surface area contributed by atoms with Gasteiger partial charge in [0.2, 0.25) is 0 Å². The molecular weight excluding hydrogens is 263 g/mol. The fourth-order valence-corrected chi connectivity index (χ4v) is 2.26. The van der Waals surface area contributed by atoms with E-state index in [1.807, 2.05) is 6.07 Å². The predicted octanol–water partition coefficient (Wildman–Crippen LogP) is 5.83. The maximum atomic E-state index is 6.13. The summed E-state index contributed by atoms with van der Waals surface area (Å²) >= 11 is 18.0. The molecule has 0 bridgehead atoms. The first-order valence-corrected chi connectivity index (χ1v) is 6.65. The summed E-state index contributed by atoms with van der Waals surface area (Å²) in [6.07, 6.45) is 4.37. The summed E-state index contributed by atoms with van der Waals surface area (Å²) in [6, 6.07) is 3.72. The van der Waals surface area contributed by atoms with Gasteiger partial charge in [0.25, 0.3) is 0 Å². The van der Waals surface area contributed by atoms with Crippen molar-refractivity contribution >= 4 is 34.8 Å². The number of rotatable bonds is 5. The van der Waals surface area contributed by atoms with Crippen molar-refractivity contribution in [1.82, 2.24) is 0 Å². The van der Waals surface area contributed by atoms with Crippen LogP contribution in [0.5, 0.6) is 0 Å². The molecule has 0 spiro atoms. The van der Waals surface area contributed by atoms with Gasteiger partial charge in [-0.25, -0.2) is 0 Å². The molecule has 0 heterocycles. The summed E-state index contributed by atoms with van der Waals surface area (Å²) in [5, 5.41) is 1.52. The van der Waals surface area contributed by atoms with Crippen LogP contribution in [0.1, 0.15) is 31.7 Å². The van der Waals surface area contributed by atoms with Crippen LogP contribution in [0.15, 0.2) is 12.1 Å². The average molecular weight is 279 g/mol. The van der Waals surface area contributed by atoms with Crippen LogP contribution in [-0.2, 0) is 6.42 Å². The summed E-state index contributed by atoms with van der Waals surface area (Å²) in [4.78, 5) is 0. The normalized spacial score (nSPS) is 12.8. The molecule has 1 rings (SSSR count). The number of unbranched alkanes of at least 4 members (excludes halogenated alkanes) is 1. The van der Waals surface area contributed by atoms with Crippen molar-refractivity contribution < 1.29 is 0 Å². The van der Waals surface area contributed by atoms with Crippen LogP contribution < -0.4 is 0 Å². The quantitative estimate of drug-likeness (QED) is 0.594. The van der Waals surface area contributed by atoms with Crippen LogP contribution >= 0.6 is 34.8 Å². The van der Waals surface area contributed by atoms with E-state index in [1.165, 1.54) is 12.8 Å². The minimum Gasteiger partial charge on any atom is -0.0827 e. The van der Waals surface area contributed by atoms with Gasteiger partial charge in [-0.1, -0.05) is 67.1 Å². The minimum absolute atomic E-state index is 0.384. The van der Waals surface area contributed by atoms with Crippen LogP contribution in [-0.4, -0.2) is 0 Å². The molecule has 0 aromatic heterocycles. The molecule has 0 saturated carbocycles. The lowest BCUT2D eigenvalue weighted by molar-refractivity contribution is 0.549. The Morgan fingerprint density at radius 2 is 1.88 bits per heavy atom. The van der Waals surface area contributed by atoms with Crippen LogP contribution in [0.3, 0.4) is 0 Å². The highest BCUT2D eigenvalue weighted by atomic mass is 35.5. The second kappa shape index (κ2) is 6.74. The number of hydrogen-bond acceptors (Lipinski definition) is 0. The Labute approximate surface area is 113 Å². The summed E-state index contributed by atoms with van der Waals surface area (Å²) in [5.74, 6) is 0.384. The van der Waals surface area contributed by atoms with Crippen molar-refractivity contribution in [2.45, 2.75) is 32.6 Å². The molecule has 0 aliphatic heterocycles. The summed E-state index contributed by atoms with van der Waals surface area (Å²) in [5.41, 5.74) is 1.03. The van der Waals surface area contributed by atoms with E-state index in [-0.39, 0.29) is 0 Å². The van der Waals surface area contributed by atoms with E-state index in [1.54, 1.807) is 6.07 Å². The lowest BCUT2D eigenvalue weighted by Crippen LogP contribution is -2.01. The highest BCUT2D eigenvalue weighted by molar-refractivity contribution is 6.48. The molecule has 16 heavy (non-hydrogen) atoms. The second-order valence-electron chi connectivity index (χ2n) is 4.05. The molecule has 0 nitrogen and oxygen atoms in total. The molecule has 89 valence electrons. The van der Waals surface area contributed by atoms with E-state index >= 15 is 0 Å². The van der Waals surface area contributed by atoms with Gasteiger partial charge in [-0.3, -0.25) is 0 Å². The Morgan fingerprint density at radius 1 is 1.19 bits per heavy atom. The molecule has 0 saturated heterocycles. The Morgan fingerprint density at radius 3 is 2.50 bits per heavy atom. The number of hydrogen-bond donors (Lipinski definition) is 0. The molecule has 1 aromatic carbocycles. The van der Waals surface area contributed by atoms with Gasteiger partial charge in [-0.2, -0.15) is 0 Å². The van der Waals surface area contributed by atoms with Crippen molar-refractivity contribution in [2.75, 3.05) is 0 Å². The topological polar surface area (TPSA) is 0 Å². The lowest BCUT2D eigenvalue weighted by Gasteiger charge is -2.13. The van der Waals surface area contributed by atoms with Gasteiger partial charge < -0.3 is 0 Å². The molecular formula is C13H16Cl3. The van der Waals surface area contributed by atoms with Crippen molar-refractivity contribution in [3.63, 3.8) is 0 Å². The van der Waals surface area contributed by atoms with Gasteiger partial charge in [0.1, 0.15) is 0 Å². The third-order valence-corrected chi connectivity index (χ3v) is 3.92. The highest BCUT2D eigenvalue weighted by Gasteiger charge is 2.11. The van der Waals surface area contributed by atoms with Crippen molar-refractivity contribution in [2.24, 2.45) is 5.92 Å². The van der Waals surface area contributed by atoms with Gasteiger partial charge >= 0.3 is 0 Å². The molecule has 1 radical (unpaired) electrons. The average Bonchev–Trinajstić information content (AvgIpc) is 2.27. The standard InChI is InChI=1S/C13H16Cl3/c1-3-4-5-9(2)8-10-6-7-11(14)13(16)12(10)15/h6-7,9H,2-5,8H2,1H3. The lowest BCUT2D eigenvalue weighted by atomic mass is 9.96. The van der Waals surface area contributed by atoms with Gasteiger partial charge in [0.15, 0.2) is 0 Å². The first kappa shape index (κ1) is 14.2. The Balaban J connectivity index is 2.70. The highest BCUT2D eigenvalue weighted by Crippen LogP contribution is 2.34. The Hall–Kier alpha value is 0.0900. The van der Waals surface area contributed by atoms with Crippen molar-refractivity contribution in [3.8, 4) is 0 Å². The van der Waals surface area contributed by atoms with E-state index in [9.17, 15) is 0 Å². The molecule has 0 N–H and O–H groups in total. The molecule has 0 amide bonds. The first-order chi connectivity index (χ1) is 7.56. The molecule has 1 unspecified atom stereocenters. The minimum atomic E-state index is 0.384. The van der Waals surface area contributed by atoms with E-state index in [4.69, 9.17) is 34.8 Å². The first-order valence-electron chi connectivity index (χ1n) is 5.51. The van der Waals surface area contributed by atoms with Gasteiger partial charge in [0, 0.05) is 0 Å². The zero-order valence-corrected chi connectivity index (χ0v) is 11.7. The number of halogens is 3. The number of benzene rings is 1. The fraction of sp³-hybridized carbons (Fsp3) is 0.462. The third kappa shape index (κ3) is 3.84. The molecule has 1 atom stereocenters. The maximum absolute atomic E-state index is 6.13. The fourth-order valence-electron chi connectivity index (χ4n) is 1.63. The van der Waals surface area contributed by atoms with Gasteiger partial charge in [-0.15, -0.1) is 0 Å². The largest absolute Gasteiger partial charge is 0.0827 e. The summed E-state index contributed by atoms with van der Waals surface area (Å²) in [6.45, 7) is 6.31.